The lowest BCUT2D eigenvalue weighted by atomic mass is 10.2. The van der Waals surface area contributed by atoms with Gasteiger partial charge in [-0.15, -0.1) is 0 Å². The fraction of sp³-hybridized carbons (Fsp3) is 0.300. The normalized spacial score (nSPS) is 11.0. The third-order valence-corrected chi connectivity index (χ3v) is 15.9. The average molecular weight is 1370 g/mol. The van der Waals surface area contributed by atoms with Gasteiger partial charge in [-0.2, -0.15) is 79.4 Å². The number of carbonyl (C=O) groups is 7. The molecule has 0 saturated carbocycles. The van der Waals surface area contributed by atoms with Gasteiger partial charge in [0.1, 0.15) is 0 Å². The zero-order valence-corrected chi connectivity index (χ0v) is 59.5. The molecule has 7 N–H and O–H groups in total. The highest BCUT2D eigenvalue weighted by Crippen LogP contribution is 2.12. The summed E-state index contributed by atoms with van der Waals surface area (Å²) in [5, 5.41) is 47.3. The minimum Gasteiger partial charge on any atom is -0.394 e. The Kier molecular flexibility index (Phi) is 48.4. The van der Waals surface area contributed by atoms with Crippen LogP contribution in [0.25, 0.3) is 0 Å². The smallest absolute Gasteiger partial charge is 0.188 e. The van der Waals surface area contributed by atoms with Crippen molar-refractivity contribution < 1.29 is 33.6 Å². The van der Waals surface area contributed by atoms with Crippen molar-refractivity contribution in [3.63, 3.8) is 0 Å². The predicted octanol–water partition coefficient (Wildman–Crippen LogP) is 17.0. The van der Waals surface area contributed by atoms with Crippen LogP contribution in [0, 0.1) is 5.92 Å². The summed E-state index contributed by atoms with van der Waals surface area (Å²) in [6.45, 7) is 22.3. The highest BCUT2D eigenvalue weighted by molar-refractivity contribution is 7.09. The van der Waals surface area contributed by atoms with Crippen LogP contribution in [-0.2, 0) is 0 Å². The van der Waals surface area contributed by atoms with Crippen LogP contribution >= 0.6 is 79.4 Å². The van der Waals surface area contributed by atoms with Gasteiger partial charge in [-0.3, -0.25) is 33.6 Å². The summed E-state index contributed by atoms with van der Waals surface area (Å²) in [5.41, 5.74) is 5.32. The van der Waals surface area contributed by atoms with E-state index in [1.165, 1.54) is 80.5 Å². The molecule has 0 saturated heterocycles. The van der Waals surface area contributed by atoms with Crippen molar-refractivity contribution >= 4 is 120 Å². The van der Waals surface area contributed by atoms with Crippen molar-refractivity contribution in [2.45, 2.75) is 100 Å². The van der Waals surface area contributed by atoms with E-state index in [1.807, 2.05) is 139 Å². The molecule has 0 radical (unpaired) electrons. The van der Waals surface area contributed by atoms with Crippen molar-refractivity contribution in [3.8, 4) is 0 Å². The van der Waals surface area contributed by atoms with Crippen LogP contribution < -0.4 is 37.2 Å². The molecule has 0 amide bonds. The summed E-state index contributed by atoms with van der Waals surface area (Å²) >= 11 is 10.7. The summed E-state index contributed by atoms with van der Waals surface area (Å²) in [6.07, 6.45) is 27.2. The monoisotopic (exact) mass is 1370 g/mol. The van der Waals surface area contributed by atoms with Crippen molar-refractivity contribution in [1.82, 2.24) is 37.2 Å². The maximum absolute atomic E-state index is 11.5. The Labute approximate surface area is 568 Å². The van der Waals surface area contributed by atoms with Crippen molar-refractivity contribution in [3.05, 3.63) is 243 Å². The first-order valence-electron chi connectivity index (χ1n) is 29.8. The number of rotatable bonds is 32. The zero-order chi connectivity index (χ0) is 67.1. The fourth-order valence-electron chi connectivity index (χ4n) is 5.94. The first kappa shape index (κ1) is 81.4. The fourth-order valence-corrected chi connectivity index (χ4v) is 10.5. The van der Waals surface area contributed by atoms with Crippen LogP contribution in [0.15, 0.2) is 204 Å². The van der Waals surface area contributed by atoms with E-state index in [0.29, 0.717) is 18.0 Å². The first-order valence-corrected chi connectivity index (χ1v) is 36.4. The highest BCUT2D eigenvalue weighted by Gasteiger charge is 2.05. The van der Waals surface area contributed by atoms with Crippen LogP contribution in [-0.4, -0.2) is 85.8 Å². The second-order valence-electron chi connectivity index (χ2n) is 19.7. The number of ketones is 7. The van der Waals surface area contributed by atoms with Crippen LogP contribution in [0.2, 0.25) is 0 Å². The minimum atomic E-state index is 0.0422. The molecule has 91 heavy (non-hydrogen) atoms. The topological polar surface area (TPSA) is 204 Å². The number of hydrogen-bond donors (Lipinski definition) is 7. The molecular formula is C70H91N7O7S7. The molecule has 0 bridgehead atoms. The number of unbranched alkanes of at least 4 members (excludes halogenated alkanes) is 1. The molecular weight excluding hydrogens is 1280 g/mol. The molecule has 1 unspecified atom stereocenters. The third-order valence-electron chi connectivity index (χ3n) is 11.1. The maximum atomic E-state index is 11.5. The van der Waals surface area contributed by atoms with Gasteiger partial charge in [-0.05, 0) is 133 Å². The van der Waals surface area contributed by atoms with Crippen LogP contribution in [0.3, 0.4) is 0 Å². The van der Waals surface area contributed by atoms with E-state index >= 15 is 0 Å². The van der Waals surface area contributed by atoms with E-state index in [4.69, 9.17) is 0 Å². The van der Waals surface area contributed by atoms with Gasteiger partial charge in [-0.25, -0.2) is 0 Å². The molecule has 1 atom stereocenters. The standard InChI is InChI=1S/3C11H15NOS.2C10H13NOS.C9H11NOS.C8H9NOS/c1-9(2)7-12-5-3-11(13)10-4-6-14-8-10;1-3-9(2)12-6-4-11(13)10-5-7-14-8-10;1-2-3-6-12-7-4-11(13)10-5-8-14-9-10;1-8(2)11-5-3-10(12)9-4-6-13-7-9;1-2-5-11-6-3-10(12)9-4-7-13-8-9;1-2-10-5-3-9(11)8-4-6-12-7-8;1-9-4-2-8(10)7-3-5-11-6-7/h3-6,8-9,12H,7H2,1-2H3;4-9,12H,3H2,1-2H3;4-5,7-9,12H,2-3,6H2,1H3;3-8,11H,1-2H3;3-4,6-8,11H,2,5H2,1H3;3-7,10H,2H2,1H3;2-6,9H,1H3/b5-3-;6-4-;7-4-;5-3-;6-3-;5-3-;4-2-. The number of hydrogen-bond acceptors (Lipinski definition) is 21. The average Bonchev–Trinajstić information content (AvgIpc) is 4.59. The van der Waals surface area contributed by atoms with Crippen molar-refractivity contribution in [2.75, 3.05) is 33.2 Å². The molecule has 7 rings (SSSR count). The van der Waals surface area contributed by atoms with Crippen molar-refractivity contribution in [2.24, 2.45) is 5.92 Å². The molecule has 0 spiro atoms. The maximum Gasteiger partial charge on any atom is 0.188 e. The lowest BCUT2D eigenvalue weighted by Gasteiger charge is -2.06. The Bertz CT molecular complexity index is 3170. The molecule has 7 heterocycles. The van der Waals surface area contributed by atoms with Gasteiger partial charge in [0.05, 0.1) is 0 Å². The molecule has 21 heteroatoms. The number of allylic oxidation sites excluding steroid dienone is 7. The van der Waals surface area contributed by atoms with E-state index in [9.17, 15) is 33.6 Å². The van der Waals surface area contributed by atoms with E-state index in [-0.39, 0.29) is 40.5 Å². The largest absolute Gasteiger partial charge is 0.394 e. The van der Waals surface area contributed by atoms with Gasteiger partial charge < -0.3 is 37.2 Å². The lowest BCUT2D eigenvalue weighted by molar-refractivity contribution is 0.103. The molecule has 7 aromatic rings. The quantitative estimate of drug-likeness (QED) is 0.0119. The summed E-state index contributed by atoms with van der Waals surface area (Å²) in [4.78, 5) is 79.4. The van der Waals surface area contributed by atoms with E-state index in [2.05, 4.69) is 78.8 Å². The Hall–Kier alpha value is -7.63. The van der Waals surface area contributed by atoms with Gasteiger partial charge in [0, 0.05) is 208 Å². The summed E-state index contributed by atoms with van der Waals surface area (Å²) in [7, 11) is 1.76. The van der Waals surface area contributed by atoms with Gasteiger partial charge in [0.25, 0.3) is 0 Å². The number of thiophene rings is 7. The Morgan fingerprint density at radius 2 is 0.670 bits per heavy atom. The van der Waals surface area contributed by atoms with Gasteiger partial charge >= 0.3 is 0 Å². The highest BCUT2D eigenvalue weighted by atomic mass is 32.1. The second kappa shape index (κ2) is 54.1. The van der Waals surface area contributed by atoms with E-state index < -0.39 is 0 Å². The van der Waals surface area contributed by atoms with Gasteiger partial charge in [0.2, 0.25) is 0 Å². The number of carbonyl (C=O) groups excluding carboxylic acids is 7. The van der Waals surface area contributed by atoms with E-state index in [0.717, 1.165) is 84.4 Å². The number of nitrogens with one attached hydrogen (secondary N) is 7. The SMILES string of the molecule is CC(C)CN/C=C\C(=O)c1ccsc1.CC(C)N/C=C\C(=O)c1ccsc1.CCC(C)N/C=C\C(=O)c1ccsc1.CCCCN/C=C\C(=O)c1ccsc1.CCCN/C=C\C(=O)c1ccsc1.CCN/C=C\C(=O)c1ccsc1.CN/C=C\C(=O)c1ccsc1. The Balaban J connectivity index is 0.000000532. The summed E-state index contributed by atoms with van der Waals surface area (Å²) in [6, 6.07) is 13.6. The molecule has 490 valence electrons. The molecule has 0 aliphatic carbocycles. The second-order valence-corrected chi connectivity index (χ2v) is 25.1. The third kappa shape index (κ3) is 42.1. The molecule has 14 nitrogen and oxygen atoms in total. The van der Waals surface area contributed by atoms with Crippen LogP contribution in [0.4, 0.5) is 0 Å². The van der Waals surface area contributed by atoms with Crippen LogP contribution in [0.5, 0.6) is 0 Å². The van der Waals surface area contributed by atoms with Gasteiger partial charge in [0.15, 0.2) is 40.5 Å². The van der Waals surface area contributed by atoms with Crippen LogP contribution in [0.1, 0.15) is 161 Å². The molecule has 7 aromatic heterocycles. The van der Waals surface area contributed by atoms with Gasteiger partial charge in [-0.1, -0.05) is 41.0 Å². The summed E-state index contributed by atoms with van der Waals surface area (Å²) in [5.74, 6) is 0.979. The summed E-state index contributed by atoms with van der Waals surface area (Å²) < 4.78 is 0. The zero-order valence-electron chi connectivity index (χ0n) is 53.8. The molecule has 0 aliphatic rings. The van der Waals surface area contributed by atoms with Crippen molar-refractivity contribution in [1.29, 1.82) is 0 Å². The molecule has 0 aliphatic heterocycles. The Morgan fingerprint density at radius 3 is 0.934 bits per heavy atom. The lowest BCUT2D eigenvalue weighted by Crippen LogP contribution is -2.19. The molecule has 0 fully saturated rings. The van der Waals surface area contributed by atoms with E-state index in [1.54, 1.807) is 98.2 Å². The minimum absolute atomic E-state index is 0.0422. The molecule has 0 aromatic carbocycles. The first-order chi connectivity index (χ1) is 44.0. The Morgan fingerprint density at radius 1 is 0.374 bits per heavy atom. The predicted molar refractivity (Wildman–Crippen MR) is 392 cm³/mol.